The number of ether oxygens (including phenoxy) is 1. The van der Waals surface area contributed by atoms with E-state index in [1.165, 1.54) is 27.1 Å². The fourth-order valence-electron chi connectivity index (χ4n) is 3.11. The molecule has 0 unspecified atom stereocenters. The van der Waals surface area contributed by atoms with Crippen molar-refractivity contribution < 1.29 is 13.9 Å². The lowest BCUT2D eigenvalue weighted by Crippen LogP contribution is -2.33. The summed E-state index contributed by atoms with van der Waals surface area (Å²) in [6, 6.07) is 13.2. The summed E-state index contributed by atoms with van der Waals surface area (Å²) >= 11 is 1.37. The van der Waals surface area contributed by atoms with E-state index in [-0.39, 0.29) is 18.0 Å². The number of hydrogen-bond donors (Lipinski definition) is 0. The Morgan fingerprint density at radius 1 is 1.23 bits per heavy atom. The van der Waals surface area contributed by atoms with Crippen molar-refractivity contribution in [1.29, 1.82) is 0 Å². The molecule has 0 atom stereocenters. The number of fused-ring (bicyclic) bond motifs is 1. The van der Waals surface area contributed by atoms with Crippen LogP contribution >= 0.6 is 11.3 Å². The number of methoxy groups -OCH3 is 1. The highest BCUT2D eigenvalue weighted by molar-refractivity contribution is 7.22. The molecule has 0 aliphatic carbocycles. The SMILES string of the molecule is COc1ccc(-c2cc3ncn(CC(=O)N(C)Cc4ccc(C)o4)c(=O)c3s2)cc1. The fraction of sp³-hybridized carbons (Fsp3) is 0.227. The van der Waals surface area contributed by atoms with E-state index >= 15 is 0 Å². The van der Waals surface area contributed by atoms with E-state index in [0.29, 0.717) is 22.5 Å². The molecule has 0 spiro atoms. The Kier molecular flexibility index (Phi) is 5.41. The highest BCUT2D eigenvalue weighted by atomic mass is 32.1. The highest BCUT2D eigenvalue weighted by Crippen LogP contribution is 2.31. The number of nitrogens with zero attached hydrogens (tertiary/aromatic N) is 3. The maximum atomic E-state index is 12.9. The summed E-state index contributed by atoms with van der Waals surface area (Å²) < 4.78 is 12.6. The molecule has 154 valence electrons. The Morgan fingerprint density at radius 3 is 2.67 bits per heavy atom. The summed E-state index contributed by atoms with van der Waals surface area (Å²) in [4.78, 5) is 32.4. The standard InChI is InChI=1S/C22H21N3O4S/c1-14-4-7-17(29-14)11-24(2)20(26)12-25-13-23-18-10-19(30-21(18)22(25)27)15-5-8-16(28-3)9-6-15/h4-10,13H,11-12H2,1-3H3. The number of hydrogen-bond acceptors (Lipinski definition) is 6. The average Bonchev–Trinajstić information content (AvgIpc) is 3.36. The van der Waals surface area contributed by atoms with Crippen LogP contribution in [-0.2, 0) is 17.9 Å². The van der Waals surface area contributed by atoms with Gasteiger partial charge in [0.1, 0.15) is 28.5 Å². The molecular formula is C22H21N3O4S. The van der Waals surface area contributed by atoms with Gasteiger partial charge in [-0.1, -0.05) is 0 Å². The lowest BCUT2D eigenvalue weighted by Gasteiger charge is -2.16. The normalized spacial score (nSPS) is 11.0. The largest absolute Gasteiger partial charge is 0.497 e. The van der Waals surface area contributed by atoms with Crippen molar-refractivity contribution in [3.63, 3.8) is 0 Å². The molecule has 0 radical (unpaired) electrons. The fourth-order valence-corrected chi connectivity index (χ4v) is 4.18. The van der Waals surface area contributed by atoms with Gasteiger partial charge in [0.2, 0.25) is 5.91 Å². The monoisotopic (exact) mass is 423 g/mol. The van der Waals surface area contributed by atoms with Crippen molar-refractivity contribution in [2.75, 3.05) is 14.2 Å². The van der Waals surface area contributed by atoms with Gasteiger partial charge >= 0.3 is 0 Å². The maximum absolute atomic E-state index is 12.9. The van der Waals surface area contributed by atoms with E-state index in [4.69, 9.17) is 9.15 Å². The molecule has 4 aromatic rings. The molecule has 1 amide bonds. The number of carbonyl (C=O) groups excluding carboxylic acids is 1. The predicted octanol–water partition coefficient (Wildman–Crippen LogP) is 3.69. The van der Waals surface area contributed by atoms with Gasteiger partial charge in [-0.2, -0.15) is 0 Å². The van der Waals surface area contributed by atoms with Crippen LogP contribution in [0.1, 0.15) is 11.5 Å². The second kappa shape index (κ2) is 8.16. The number of thiophene rings is 1. The molecule has 30 heavy (non-hydrogen) atoms. The molecular weight excluding hydrogens is 402 g/mol. The predicted molar refractivity (Wildman–Crippen MR) is 116 cm³/mol. The number of likely N-dealkylation sites (N-methyl/N-ethyl adjacent to an activating group) is 1. The zero-order valence-corrected chi connectivity index (χ0v) is 17.7. The first-order valence-electron chi connectivity index (χ1n) is 9.37. The molecule has 8 heteroatoms. The van der Waals surface area contributed by atoms with Gasteiger partial charge in [-0.05, 0) is 55.0 Å². The number of amides is 1. The van der Waals surface area contributed by atoms with Gasteiger partial charge in [-0.25, -0.2) is 4.98 Å². The molecule has 0 saturated heterocycles. The molecule has 4 rings (SSSR count). The zero-order valence-electron chi connectivity index (χ0n) is 16.9. The van der Waals surface area contributed by atoms with Gasteiger partial charge in [0.05, 0.1) is 25.5 Å². The Balaban J connectivity index is 1.55. The molecule has 0 N–H and O–H groups in total. The first-order valence-corrected chi connectivity index (χ1v) is 10.2. The molecule has 0 aliphatic rings. The van der Waals surface area contributed by atoms with Crippen LogP contribution in [0.15, 0.2) is 58.0 Å². The van der Waals surface area contributed by atoms with E-state index in [2.05, 4.69) is 4.98 Å². The summed E-state index contributed by atoms with van der Waals surface area (Å²) in [5.74, 6) is 2.07. The minimum Gasteiger partial charge on any atom is -0.497 e. The highest BCUT2D eigenvalue weighted by Gasteiger charge is 2.16. The number of furan rings is 1. The van der Waals surface area contributed by atoms with Crippen molar-refractivity contribution in [2.45, 2.75) is 20.0 Å². The summed E-state index contributed by atoms with van der Waals surface area (Å²) in [5.41, 5.74) is 1.38. The molecule has 0 saturated carbocycles. The molecule has 1 aromatic carbocycles. The van der Waals surface area contributed by atoms with Crippen LogP contribution in [0.2, 0.25) is 0 Å². The Bertz CT molecular complexity index is 1250. The molecule has 3 heterocycles. The molecule has 0 bridgehead atoms. The van der Waals surface area contributed by atoms with Gasteiger partial charge in [0.25, 0.3) is 5.56 Å². The molecule has 0 fully saturated rings. The second-order valence-corrected chi connectivity index (χ2v) is 8.05. The third-order valence-electron chi connectivity index (χ3n) is 4.80. The molecule has 0 aliphatic heterocycles. The first-order chi connectivity index (χ1) is 14.4. The van der Waals surface area contributed by atoms with Crippen LogP contribution in [0.5, 0.6) is 5.75 Å². The third kappa shape index (κ3) is 3.99. The summed E-state index contributed by atoms with van der Waals surface area (Å²) in [6.45, 7) is 2.12. The Labute approximate surface area is 177 Å². The van der Waals surface area contributed by atoms with Crippen LogP contribution < -0.4 is 10.3 Å². The number of aryl methyl sites for hydroxylation is 1. The van der Waals surface area contributed by atoms with E-state index in [1.54, 1.807) is 14.2 Å². The van der Waals surface area contributed by atoms with E-state index in [9.17, 15) is 9.59 Å². The van der Waals surface area contributed by atoms with Gasteiger partial charge in [0, 0.05) is 11.9 Å². The van der Waals surface area contributed by atoms with Gasteiger partial charge in [0.15, 0.2) is 0 Å². The van der Waals surface area contributed by atoms with Crippen LogP contribution in [0.4, 0.5) is 0 Å². The molecule has 3 aromatic heterocycles. The minimum absolute atomic E-state index is 0.0757. The van der Waals surface area contributed by atoms with Gasteiger partial charge in [-0.15, -0.1) is 11.3 Å². The van der Waals surface area contributed by atoms with Crippen LogP contribution in [0.3, 0.4) is 0 Å². The van der Waals surface area contributed by atoms with Gasteiger partial charge in [-0.3, -0.25) is 14.2 Å². The minimum atomic E-state index is -0.222. The van der Waals surface area contributed by atoms with Crippen molar-refractivity contribution >= 4 is 27.5 Å². The number of rotatable bonds is 6. The topological polar surface area (TPSA) is 77.6 Å². The van der Waals surface area contributed by atoms with Crippen molar-refractivity contribution in [2.24, 2.45) is 0 Å². The zero-order chi connectivity index (χ0) is 21.3. The van der Waals surface area contributed by atoms with Crippen molar-refractivity contribution in [3.8, 4) is 16.2 Å². The maximum Gasteiger partial charge on any atom is 0.271 e. The summed E-state index contributed by atoms with van der Waals surface area (Å²) in [7, 11) is 3.30. The van der Waals surface area contributed by atoms with Gasteiger partial charge < -0.3 is 14.1 Å². The van der Waals surface area contributed by atoms with Crippen LogP contribution in [0, 0.1) is 6.92 Å². The number of benzene rings is 1. The van der Waals surface area contributed by atoms with E-state index in [0.717, 1.165) is 22.0 Å². The second-order valence-electron chi connectivity index (χ2n) is 6.99. The van der Waals surface area contributed by atoms with Crippen LogP contribution in [0.25, 0.3) is 20.7 Å². The quantitative estimate of drug-likeness (QED) is 0.473. The van der Waals surface area contributed by atoms with Crippen LogP contribution in [-0.4, -0.2) is 34.5 Å². The third-order valence-corrected chi connectivity index (χ3v) is 5.96. The Hall–Kier alpha value is -3.39. The lowest BCUT2D eigenvalue weighted by molar-refractivity contribution is -0.131. The summed E-state index contributed by atoms with van der Waals surface area (Å²) in [6.07, 6.45) is 1.43. The number of carbonyl (C=O) groups is 1. The van der Waals surface area contributed by atoms with E-state index < -0.39 is 0 Å². The van der Waals surface area contributed by atoms with E-state index in [1.807, 2.05) is 49.4 Å². The average molecular weight is 423 g/mol. The summed E-state index contributed by atoms with van der Waals surface area (Å²) in [5, 5.41) is 0. The number of aromatic nitrogens is 2. The smallest absolute Gasteiger partial charge is 0.271 e. The van der Waals surface area contributed by atoms with Crippen molar-refractivity contribution in [3.05, 3.63) is 70.7 Å². The Morgan fingerprint density at radius 2 is 2.00 bits per heavy atom. The molecule has 7 nitrogen and oxygen atoms in total. The lowest BCUT2D eigenvalue weighted by atomic mass is 10.2. The van der Waals surface area contributed by atoms with Crippen molar-refractivity contribution in [1.82, 2.24) is 14.5 Å². The first kappa shape index (κ1) is 19.9.